The molecular formula is C13H14ClN3O. The molecule has 0 aliphatic heterocycles. The average molecular weight is 264 g/mol. The Morgan fingerprint density at radius 1 is 1.22 bits per heavy atom. The van der Waals surface area contributed by atoms with Gasteiger partial charge in [0.05, 0.1) is 17.3 Å². The number of nitrogen functional groups attached to an aromatic ring is 1. The van der Waals surface area contributed by atoms with E-state index in [4.69, 9.17) is 22.1 Å². The highest BCUT2D eigenvalue weighted by molar-refractivity contribution is 6.30. The Balaban J connectivity index is 1.76. The average Bonchev–Trinajstić information content (AvgIpc) is 2.39. The van der Waals surface area contributed by atoms with Crippen molar-refractivity contribution in [3.8, 4) is 5.75 Å². The van der Waals surface area contributed by atoms with Gasteiger partial charge in [-0.1, -0.05) is 23.7 Å². The second-order valence-electron chi connectivity index (χ2n) is 3.67. The van der Waals surface area contributed by atoms with Crippen LogP contribution in [-0.4, -0.2) is 18.1 Å². The zero-order valence-corrected chi connectivity index (χ0v) is 10.5. The number of nitrogens with zero attached hydrogens (tertiary/aromatic N) is 1. The van der Waals surface area contributed by atoms with Gasteiger partial charge in [-0.2, -0.15) is 0 Å². The fraction of sp³-hybridized carbons (Fsp3) is 0.154. The predicted octanol–water partition coefficient (Wildman–Crippen LogP) is 2.81. The van der Waals surface area contributed by atoms with Crippen molar-refractivity contribution in [1.82, 2.24) is 4.98 Å². The molecule has 0 radical (unpaired) electrons. The first-order valence-corrected chi connectivity index (χ1v) is 5.96. The molecule has 0 bridgehead atoms. The monoisotopic (exact) mass is 263 g/mol. The molecule has 5 heteroatoms. The summed E-state index contributed by atoms with van der Waals surface area (Å²) in [5.41, 5.74) is 6.40. The van der Waals surface area contributed by atoms with Gasteiger partial charge < -0.3 is 15.8 Å². The standard InChI is InChI=1S/C13H14ClN3O/c14-10-5-6-13(17-9-10)16-7-8-18-12-4-2-1-3-11(12)15/h1-6,9H,7-8,15H2,(H,16,17). The van der Waals surface area contributed by atoms with E-state index in [2.05, 4.69) is 10.3 Å². The minimum Gasteiger partial charge on any atom is -0.490 e. The van der Waals surface area contributed by atoms with Crippen molar-refractivity contribution in [2.24, 2.45) is 0 Å². The Morgan fingerprint density at radius 2 is 2.06 bits per heavy atom. The van der Waals surface area contributed by atoms with Crippen molar-refractivity contribution < 1.29 is 4.74 Å². The van der Waals surface area contributed by atoms with Gasteiger partial charge >= 0.3 is 0 Å². The predicted molar refractivity (Wildman–Crippen MR) is 74.1 cm³/mol. The topological polar surface area (TPSA) is 60.2 Å². The third kappa shape index (κ3) is 3.53. The highest BCUT2D eigenvalue weighted by atomic mass is 35.5. The van der Waals surface area contributed by atoms with E-state index in [0.29, 0.717) is 29.6 Å². The van der Waals surface area contributed by atoms with Gasteiger partial charge in [-0.3, -0.25) is 0 Å². The number of aromatic nitrogens is 1. The fourth-order valence-corrected chi connectivity index (χ4v) is 1.54. The van der Waals surface area contributed by atoms with Crippen molar-refractivity contribution in [1.29, 1.82) is 0 Å². The van der Waals surface area contributed by atoms with Gasteiger partial charge in [-0.25, -0.2) is 4.98 Å². The summed E-state index contributed by atoms with van der Waals surface area (Å²) in [5.74, 6) is 1.47. The minimum absolute atomic E-state index is 0.512. The van der Waals surface area contributed by atoms with Crippen molar-refractivity contribution >= 4 is 23.1 Å². The van der Waals surface area contributed by atoms with Crippen LogP contribution in [0.1, 0.15) is 0 Å². The first-order chi connectivity index (χ1) is 8.75. The maximum atomic E-state index is 5.76. The molecule has 0 saturated carbocycles. The Labute approximate surface area is 111 Å². The van der Waals surface area contributed by atoms with Crippen LogP contribution in [0.5, 0.6) is 5.75 Å². The quantitative estimate of drug-likeness (QED) is 0.643. The number of nitrogens with one attached hydrogen (secondary N) is 1. The van der Waals surface area contributed by atoms with Crippen molar-refractivity contribution in [3.05, 3.63) is 47.6 Å². The number of ether oxygens (including phenoxy) is 1. The zero-order valence-electron chi connectivity index (χ0n) is 9.77. The Kier molecular flexibility index (Phi) is 4.25. The maximum absolute atomic E-state index is 5.76. The second-order valence-corrected chi connectivity index (χ2v) is 4.11. The van der Waals surface area contributed by atoms with Crippen LogP contribution < -0.4 is 15.8 Å². The van der Waals surface area contributed by atoms with Crippen LogP contribution in [0.2, 0.25) is 5.02 Å². The number of para-hydroxylation sites is 2. The molecule has 2 aromatic rings. The molecule has 0 atom stereocenters. The van der Waals surface area contributed by atoms with Crippen LogP contribution in [0.25, 0.3) is 0 Å². The third-order valence-electron chi connectivity index (χ3n) is 2.31. The number of anilines is 2. The Morgan fingerprint density at radius 3 is 2.78 bits per heavy atom. The summed E-state index contributed by atoms with van der Waals surface area (Å²) in [6, 6.07) is 11.0. The number of hydrogen-bond acceptors (Lipinski definition) is 4. The SMILES string of the molecule is Nc1ccccc1OCCNc1ccc(Cl)cn1. The third-order valence-corrected chi connectivity index (χ3v) is 2.54. The number of nitrogens with two attached hydrogens (primary N) is 1. The Hall–Kier alpha value is -1.94. The molecule has 1 aromatic carbocycles. The van der Waals surface area contributed by atoms with Crippen molar-refractivity contribution in [2.75, 3.05) is 24.2 Å². The molecule has 0 amide bonds. The zero-order chi connectivity index (χ0) is 12.8. The molecule has 0 aliphatic rings. The fourth-order valence-electron chi connectivity index (χ4n) is 1.43. The van der Waals surface area contributed by atoms with Gasteiger partial charge in [0.2, 0.25) is 0 Å². The van der Waals surface area contributed by atoms with Gasteiger partial charge in [0, 0.05) is 6.20 Å². The molecule has 1 aromatic heterocycles. The lowest BCUT2D eigenvalue weighted by atomic mass is 10.3. The van der Waals surface area contributed by atoms with Crippen LogP contribution >= 0.6 is 11.6 Å². The summed E-state index contributed by atoms with van der Waals surface area (Å²) in [4.78, 5) is 4.12. The molecule has 3 N–H and O–H groups in total. The lowest BCUT2D eigenvalue weighted by Crippen LogP contribution is -2.12. The lowest BCUT2D eigenvalue weighted by Gasteiger charge is -2.09. The van der Waals surface area contributed by atoms with E-state index in [1.807, 2.05) is 30.3 Å². The number of hydrogen-bond donors (Lipinski definition) is 2. The largest absolute Gasteiger partial charge is 0.490 e. The van der Waals surface area contributed by atoms with E-state index in [-0.39, 0.29) is 0 Å². The first kappa shape index (κ1) is 12.5. The van der Waals surface area contributed by atoms with Gasteiger partial charge in [0.25, 0.3) is 0 Å². The molecule has 0 aliphatic carbocycles. The Bertz CT molecular complexity index is 502. The van der Waals surface area contributed by atoms with E-state index in [9.17, 15) is 0 Å². The molecule has 94 valence electrons. The molecule has 1 heterocycles. The molecule has 0 spiro atoms. The summed E-state index contributed by atoms with van der Waals surface area (Å²) in [6.07, 6.45) is 1.60. The molecule has 0 saturated heterocycles. The van der Waals surface area contributed by atoms with E-state index in [1.54, 1.807) is 12.3 Å². The molecule has 0 unspecified atom stereocenters. The van der Waals surface area contributed by atoms with Crippen molar-refractivity contribution in [3.63, 3.8) is 0 Å². The maximum Gasteiger partial charge on any atom is 0.142 e. The number of benzene rings is 1. The van der Waals surface area contributed by atoms with Crippen molar-refractivity contribution in [2.45, 2.75) is 0 Å². The molecular weight excluding hydrogens is 250 g/mol. The highest BCUT2D eigenvalue weighted by Gasteiger charge is 1.98. The number of pyridine rings is 1. The van der Waals surface area contributed by atoms with E-state index >= 15 is 0 Å². The summed E-state index contributed by atoms with van der Waals surface area (Å²) in [6.45, 7) is 1.15. The summed E-state index contributed by atoms with van der Waals surface area (Å²) in [7, 11) is 0. The van der Waals surface area contributed by atoms with E-state index < -0.39 is 0 Å². The van der Waals surface area contributed by atoms with Gasteiger partial charge in [-0.15, -0.1) is 0 Å². The minimum atomic E-state index is 0.512. The molecule has 18 heavy (non-hydrogen) atoms. The van der Waals surface area contributed by atoms with Gasteiger partial charge in [0.15, 0.2) is 0 Å². The highest BCUT2D eigenvalue weighted by Crippen LogP contribution is 2.19. The smallest absolute Gasteiger partial charge is 0.142 e. The molecule has 2 rings (SSSR count). The first-order valence-electron chi connectivity index (χ1n) is 5.58. The van der Waals surface area contributed by atoms with Gasteiger partial charge in [0.1, 0.15) is 18.2 Å². The van der Waals surface area contributed by atoms with Crippen LogP contribution in [0.4, 0.5) is 11.5 Å². The summed E-state index contributed by atoms with van der Waals surface area (Å²) in [5, 5.41) is 3.75. The van der Waals surface area contributed by atoms with Crippen LogP contribution in [-0.2, 0) is 0 Å². The number of halogens is 1. The van der Waals surface area contributed by atoms with Crippen LogP contribution in [0, 0.1) is 0 Å². The lowest BCUT2D eigenvalue weighted by molar-refractivity contribution is 0.334. The van der Waals surface area contributed by atoms with Crippen LogP contribution in [0.3, 0.4) is 0 Å². The van der Waals surface area contributed by atoms with Crippen LogP contribution in [0.15, 0.2) is 42.6 Å². The second kappa shape index (κ2) is 6.12. The molecule has 4 nitrogen and oxygen atoms in total. The van der Waals surface area contributed by atoms with E-state index in [0.717, 1.165) is 5.82 Å². The number of rotatable bonds is 5. The summed E-state index contributed by atoms with van der Waals surface area (Å²) < 4.78 is 5.54. The molecule has 0 fully saturated rings. The summed E-state index contributed by atoms with van der Waals surface area (Å²) >= 11 is 5.74. The van der Waals surface area contributed by atoms with Gasteiger partial charge in [-0.05, 0) is 24.3 Å². The van der Waals surface area contributed by atoms with E-state index in [1.165, 1.54) is 0 Å². The normalized spacial score (nSPS) is 10.1.